The van der Waals surface area contributed by atoms with E-state index in [1.165, 1.54) is 13.5 Å². The third-order valence-corrected chi connectivity index (χ3v) is 8.00. The number of likely N-dealkylation sites (tertiary alicyclic amines) is 1. The quantitative estimate of drug-likeness (QED) is 0.175. The molecule has 1 saturated heterocycles. The summed E-state index contributed by atoms with van der Waals surface area (Å²) in [5, 5.41) is 6.20. The molecule has 222 valence electrons. The number of aromatic nitrogens is 5. The van der Waals surface area contributed by atoms with E-state index in [1.54, 1.807) is 0 Å². The van der Waals surface area contributed by atoms with Crippen molar-refractivity contribution < 1.29 is 14.3 Å². The lowest BCUT2D eigenvalue weighted by Gasteiger charge is -2.16. The number of aromatic amines is 2. The van der Waals surface area contributed by atoms with Crippen molar-refractivity contribution in [1.29, 1.82) is 0 Å². The van der Waals surface area contributed by atoms with Gasteiger partial charge in [-0.3, -0.25) is 9.69 Å². The van der Waals surface area contributed by atoms with Gasteiger partial charge in [0, 0.05) is 29.5 Å². The molecule has 5 aromatic rings. The number of fused-ring (bicyclic) bond motifs is 2. The molecule has 3 aromatic heterocycles. The second kappa shape index (κ2) is 12.6. The Labute approximate surface area is 249 Å². The molecule has 1 atom stereocenters. The number of nitrogens with zero attached hydrogens (tertiary/aromatic N) is 4. The summed E-state index contributed by atoms with van der Waals surface area (Å²) in [4.78, 5) is 46.5. The largest absolute Gasteiger partial charge is 0.453 e. The van der Waals surface area contributed by atoms with Crippen LogP contribution in [0.3, 0.4) is 0 Å². The lowest BCUT2D eigenvalue weighted by molar-refractivity contribution is -0.120. The van der Waals surface area contributed by atoms with Crippen LogP contribution in [0.25, 0.3) is 44.5 Å². The van der Waals surface area contributed by atoms with Gasteiger partial charge >= 0.3 is 6.09 Å². The third kappa shape index (κ3) is 6.51. The van der Waals surface area contributed by atoms with E-state index >= 15 is 0 Å². The molecule has 1 fully saturated rings. The van der Waals surface area contributed by atoms with Gasteiger partial charge in [0.2, 0.25) is 5.91 Å². The topological polar surface area (TPSA) is 141 Å². The highest BCUT2D eigenvalue weighted by molar-refractivity contribution is 5.87. The number of imidazole rings is 2. The van der Waals surface area contributed by atoms with Crippen LogP contribution in [-0.4, -0.2) is 75.6 Å². The highest BCUT2D eigenvalue weighted by atomic mass is 16.5. The number of ether oxygens (including phenoxy) is 1. The Hall–Kier alpha value is -4.77. The van der Waals surface area contributed by atoms with E-state index in [-0.39, 0.29) is 12.5 Å². The van der Waals surface area contributed by atoms with Gasteiger partial charge in [0.15, 0.2) is 0 Å². The first-order valence-corrected chi connectivity index (χ1v) is 14.7. The number of hydrogen-bond acceptors (Lipinski definition) is 7. The number of nitrogens with one attached hydrogen (secondary N) is 4. The van der Waals surface area contributed by atoms with Crippen LogP contribution >= 0.6 is 0 Å². The zero-order valence-electron chi connectivity index (χ0n) is 24.4. The average Bonchev–Trinajstić information content (AvgIpc) is 3.78. The molecular formula is C32H36N8O3. The minimum Gasteiger partial charge on any atom is -0.453 e. The number of benzene rings is 2. The van der Waals surface area contributed by atoms with Crippen molar-refractivity contribution in [2.45, 2.75) is 38.1 Å². The second-order valence-electron chi connectivity index (χ2n) is 11.0. The summed E-state index contributed by atoms with van der Waals surface area (Å²) in [6, 6.07) is 17.1. The molecule has 11 nitrogen and oxygen atoms in total. The molecule has 2 aromatic carbocycles. The monoisotopic (exact) mass is 580 g/mol. The highest BCUT2D eigenvalue weighted by Crippen LogP contribution is 2.31. The molecule has 0 bridgehead atoms. The first kappa shape index (κ1) is 28.4. The Morgan fingerprint density at radius 3 is 2.70 bits per heavy atom. The summed E-state index contributed by atoms with van der Waals surface area (Å²) in [5.41, 5.74) is 6.95. The van der Waals surface area contributed by atoms with Crippen LogP contribution in [0.2, 0.25) is 0 Å². The Kier molecular flexibility index (Phi) is 8.32. The van der Waals surface area contributed by atoms with Gasteiger partial charge in [-0.2, -0.15) is 0 Å². The van der Waals surface area contributed by atoms with E-state index in [1.807, 2.05) is 6.20 Å². The zero-order chi connectivity index (χ0) is 29.8. The Morgan fingerprint density at radius 2 is 1.86 bits per heavy atom. The fourth-order valence-electron chi connectivity index (χ4n) is 5.62. The van der Waals surface area contributed by atoms with Crippen molar-refractivity contribution >= 4 is 33.9 Å². The summed E-state index contributed by atoms with van der Waals surface area (Å²) in [5.74, 6) is 1.70. The number of rotatable bonds is 10. The fraction of sp³-hybridized carbons (Fsp3) is 0.344. The zero-order valence-corrected chi connectivity index (χ0v) is 24.4. The van der Waals surface area contributed by atoms with Crippen molar-refractivity contribution in [3.05, 3.63) is 66.4 Å². The van der Waals surface area contributed by atoms with Crippen molar-refractivity contribution in [2.24, 2.45) is 0 Å². The maximum atomic E-state index is 11.7. The lowest BCUT2D eigenvalue weighted by atomic mass is 10.1. The van der Waals surface area contributed by atoms with E-state index in [4.69, 9.17) is 9.97 Å². The summed E-state index contributed by atoms with van der Waals surface area (Å²) in [7, 11) is 3.42. The van der Waals surface area contributed by atoms with Crippen LogP contribution < -0.4 is 10.6 Å². The number of carbonyl (C=O) groups is 2. The maximum Gasteiger partial charge on any atom is 0.407 e. The fourth-order valence-corrected chi connectivity index (χ4v) is 5.62. The van der Waals surface area contributed by atoms with Crippen LogP contribution in [-0.2, 0) is 16.0 Å². The number of aryl methyl sites for hydroxylation is 1. The van der Waals surface area contributed by atoms with E-state index in [0.29, 0.717) is 12.6 Å². The van der Waals surface area contributed by atoms with Crippen LogP contribution in [0.15, 0.2) is 54.7 Å². The molecular weight excluding hydrogens is 544 g/mol. The predicted octanol–water partition coefficient (Wildman–Crippen LogP) is 4.73. The van der Waals surface area contributed by atoms with Gasteiger partial charge in [0.1, 0.15) is 11.6 Å². The molecule has 6 rings (SSSR count). The number of hydrogen-bond donors (Lipinski definition) is 4. The summed E-state index contributed by atoms with van der Waals surface area (Å²) in [6.07, 6.45) is 6.02. The first-order chi connectivity index (χ1) is 21.0. The number of unbranched alkanes of at least 4 members (excludes halogenated alkanes) is 1. The number of H-pyrrole nitrogens is 2. The number of pyridine rings is 1. The molecule has 1 aliphatic heterocycles. The van der Waals surface area contributed by atoms with E-state index in [2.05, 4.69) is 90.8 Å². The van der Waals surface area contributed by atoms with Gasteiger partial charge in [0.05, 0.1) is 53.8 Å². The standard InChI is InChI=1S/C32H36N8O3/c1-40-15-5-6-28(40)31-38-25-13-10-22(17-26(25)39-31)24-11-8-20-16-21(9-12-23(20)36-24)27-18-34-29(37-27)7-3-4-14-33-30(41)19-35-32(42)43-2/h8-13,16-18,28H,3-7,14-15,19H2,1-2H3,(H,33,41)(H,34,37)(H,35,42)(H,38,39). The van der Waals surface area contributed by atoms with Crippen LogP contribution in [0.1, 0.15) is 43.4 Å². The van der Waals surface area contributed by atoms with E-state index in [0.717, 1.165) is 88.3 Å². The van der Waals surface area contributed by atoms with E-state index < -0.39 is 6.09 Å². The molecule has 1 unspecified atom stereocenters. The smallest absolute Gasteiger partial charge is 0.407 e. The molecule has 0 aliphatic carbocycles. The van der Waals surface area contributed by atoms with Gasteiger partial charge in [-0.25, -0.2) is 19.7 Å². The van der Waals surface area contributed by atoms with Crippen LogP contribution in [0.4, 0.5) is 4.79 Å². The Balaban J connectivity index is 1.06. The third-order valence-electron chi connectivity index (χ3n) is 8.00. The molecule has 0 radical (unpaired) electrons. The number of amides is 2. The second-order valence-corrected chi connectivity index (χ2v) is 11.0. The van der Waals surface area contributed by atoms with Crippen LogP contribution in [0, 0.1) is 0 Å². The molecule has 4 N–H and O–H groups in total. The maximum absolute atomic E-state index is 11.7. The van der Waals surface area contributed by atoms with Gasteiger partial charge < -0.3 is 25.3 Å². The van der Waals surface area contributed by atoms with Gasteiger partial charge in [-0.15, -0.1) is 0 Å². The van der Waals surface area contributed by atoms with Gasteiger partial charge in [-0.1, -0.05) is 18.2 Å². The first-order valence-electron chi connectivity index (χ1n) is 14.7. The Bertz CT molecular complexity index is 1760. The molecule has 4 heterocycles. The Morgan fingerprint density at radius 1 is 1.00 bits per heavy atom. The number of methoxy groups -OCH3 is 1. The highest BCUT2D eigenvalue weighted by Gasteiger charge is 2.25. The molecule has 43 heavy (non-hydrogen) atoms. The minimum absolute atomic E-state index is 0.100. The van der Waals surface area contributed by atoms with Crippen molar-refractivity contribution in [3.8, 4) is 22.5 Å². The number of alkyl carbamates (subject to hydrolysis) is 1. The van der Waals surface area contributed by atoms with Crippen molar-refractivity contribution in [3.63, 3.8) is 0 Å². The minimum atomic E-state index is -0.624. The molecule has 11 heteroatoms. The van der Waals surface area contributed by atoms with Gasteiger partial charge in [0.25, 0.3) is 0 Å². The average molecular weight is 581 g/mol. The molecule has 1 aliphatic rings. The molecule has 0 spiro atoms. The number of carbonyl (C=O) groups excluding carboxylic acids is 2. The predicted molar refractivity (Wildman–Crippen MR) is 165 cm³/mol. The summed E-state index contributed by atoms with van der Waals surface area (Å²) < 4.78 is 4.45. The molecule has 2 amide bonds. The normalized spacial score (nSPS) is 15.3. The summed E-state index contributed by atoms with van der Waals surface area (Å²) >= 11 is 0. The summed E-state index contributed by atoms with van der Waals surface area (Å²) in [6.45, 7) is 1.54. The van der Waals surface area contributed by atoms with E-state index in [9.17, 15) is 9.59 Å². The lowest BCUT2D eigenvalue weighted by Crippen LogP contribution is -2.37. The van der Waals surface area contributed by atoms with Crippen molar-refractivity contribution in [1.82, 2.24) is 40.5 Å². The van der Waals surface area contributed by atoms with Crippen molar-refractivity contribution in [2.75, 3.05) is 33.8 Å². The SMILES string of the molecule is COC(=O)NCC(=O)NCCCCc1ncc(-c2ccc3nc(-c4ccc5nc(C6CCCN6C)[nH]c5c4)ccc3c2)[nH]1. The molecule has 0 saturated carbocycles. The van der Waals surface area contributed by atoms with Gasteiger partial charge in [-0.05, 0) is 69.6 Å². The van der Waals surface area contributed by atoms with Crippen LogP contribution in [0.5, 0.6) is 0 Å².